The average molecular weight is 284 g/mol. The van der Waals surface area contributed by atoms with Gasteiger partial charge in [-0.25, -0.2) is 4.79 Å². The summed E-state index contributed by atoms with van der Waals surface area (Å²) in [5.41, 5.74) is 1.23. The maximum Gasteiger partial charge on any atom is 0.407 e. The zero-order valence-electron chi connectivity index (χ0n) is 11.0. The lowest BCUT2D eigenvalue weighted by molar-refractivity contribution is -0.386. The Hall–Kier alpha value is -1.76. The van der Waals surface area contributed by atoms with Crippen LogP contribution in [-0.4, -0.2) is 24.3 Å². The van der Waals surface area contributed by atoms with E-state index in [0.717, 1.165) is 5.56 Å². The van der Waals surface area contributed by atoms with E-state index in [-0.39, 0.29) is 5.69 Å². The van der Waals surface area contributed by atoms with Crippen LogP contribution in [0.5, 0.6) is 0 Å². The van der Waals surface area contributed by atoms with Crippen LogP contribution in [0.4, 0.5) is 10.5 Å². The van der Waals surface area contributed by atoms with Crippen molar-refractivity contribution < 1.29 is 14.5 Å². The number of nitro benzene ring substituents is 1. The Morgan fingerprint density at radius 2 is 2.26 bits per heavy atom. The van der Waals surface area contributed by atoms with E-state index in [9.17, 15) is 14.9 Å². The number of nitrogens with one attached hydrogen (secondary N) is 1. The Labute approximate surface area is 115 Å². The highest BCUT2D eigenvalue weighted by Gasteiger charge is 2.22. The van der Waals surface area contributed by atoms with Gasteiger partial charge in [0.2, 0.25) is 0 Å². The van der Waals surface area contributed by atoms with E-state index >= 15 is 0 Å². The second-order valence-electron chi connectivity index (χ2n) is 3.88. The van der Waals surface area contributed by atoms with Gasteiger partial charge < -0.3 is 10.1 Å². The van der Waals surface area contributed by atoms with Crippen LogP contribution in [0, 0.1) is 10.1 Å². The normalized spacial score (nSPS) is 11.7. The molecule has 7 heteroatoms. The minimum Gasteiger partial charge on any atom is -0.441 e. The number of rotatable bonds is 5. The summed E-state index contributed by atoms with van der Waals surface area (Å²) in [6, 6.07) is 4.97. The fourth-order valence-electron chi connectivity index (χ4n) is 1.63. The van der Waals surface area contributed by atoms with Gasteiger partial charge in [0, 0.05) is 18.9 Å². The van der Waals surface area contributed by atoms with Gasteiger partial charge in [0.15, 0.2) is 0 Å². The number of nitrogens with zero attached hydrogens (tertiary/aromatic N) is 1. The molecule has 0 bridgehead atoms. The van der Waals surface area contributed by atoms with Crippen LogP contribution in [0.1, 0.15) is 24.2 Å². The second-order valence-corrected chi connectivity index (χ2v) is 4.75. The molecule has 1 rings (SSSR count). The fraction of sp³-hybridized carbons (Fsp3) is 0.417. The van der Waals surface area contributed by atoms with Crippen LogP contribution < -0.4 is 5.32 Å². The molecular weight excluding hydrogens is 268 g/mol. The summed E-state index contributed by atoms with van der Waals surface area (Å²) >= 11 is 1.59. The van der Waals surface area contributed by atoms with Crippen molar-refractivity contribution >= 4 is 23.5 Å². The molecule has 1 amide bonds. The van der Waals surface area contributed by atoms with E-state index in [1.807, 2.05) is 12.3 Å². The van der Waals surface area contributed by atoms with Crippen LogP contribution in [0.15, 0.2) is 18.2 Å². The van der Waals surface area contributed by atoms with Crippen molar-refractivity contribution in [2.75, 3.05) is 13.3 Å². The highest BCUT2D eigenvalue weighted by atomic mass is 32.2. The first-order chi connectivity index (χ1) is 8.99. The number of benzene rings is 1. The minimum atomic E-state index is -0.677. The number of thioether (sulfide) groups is 1. The van der Waals surface area contributed by atoms with E-state index in [0.29, 0.717) is 11.3 Å². The molecular formula is C12H16N2O4S. The van der Waals surface area contributed by atoms with Gasteiger partial charge in [0.05, 0.1) is 10.5 Å². The molecule has 19 heavy (non-hydrogen) atoms. The molecule has 0 aliphatic carbocycles. The SMILES string of the molecule is CNC(=O)OC(C)c1ccc(CSC)cc1[N+](=O)[O-]. The fourth-order valence-corrected chi connectivity index (χ4v) is 2.14. The van der Waals surface area contributed by atoms with E-state index in [4.69, 9.17) is 4.74 Å². The minimum absolute atomic E-state index is 0.0250. The number of carbonyl (C=O) groups excluding carboxylic acids is 1. The molecule has 6 nitrogen and oxygen atoms in total. The molecule has 1 unspecified atom stereocenters. The third kappa shape index (κ3) is 4.13. The third-order valence-corrected chi connectivity index (χ3v) is 3.15. The number of ether oxygens (including phenoxy) is 1. The van der Waals surface area contributed by atoms with Crippen molar-refractivity contribution in [2.45, 2.75) is 18.8 Å². The predicted octanol–water partition coefficient (Wildman–Crippen LogP) is 2.87. The maximum atomic E-state index is 11.1. The van der Waals surface area contributed by atoms with Gasteiger partial charge >= 0.3 is 6.09 Å². The standard InChI is InChI=1S/C12H16N2O4S/c1-8(18-12(15)13-2)10-5-4-9(7-19-3)6-11(10)14(16)17/h4-6,8H,7H2,1-3H3,(H,13,15). The molecule has 0 aliphatic heterocycles. The Morgan fingerprint density at radius 3 is 2.79 bits per heavy atom. The van der Waals surface area contributed by atoms with Gasteiger partial charge in [-0.2, -0.15) is 11.8 Å². The molecule has 104 valence electrons. The molecule has 1 aromatic rings. The van der Waals surface area contributed by atoms with Crippen molar-refractivity contribution in [3.05, 3.63) is 39.4 Å². The van der Waals surface area contributed by atoms with Crippen molar-refractivity contribution in [2.24, 2.45) is 0 Å². The first kappa shape index (κ1) is 15.3. The van der Waals surface area contributed by atoms with E-state index in [1.165, 1.54) is 13.1 Å². The van der Waals surface area contributed by atoms with Crippen LogP contribution >= 0.6 is 11.8 Å². The maximum absolute atomic E-state index is 11.1. The molecule has 1 atom stereocenters. The number of nitro groups is 1. The van der Waals surface area contributed by atoms with E-state index < -0.39 is 17.1 Å². The van der Waals surface area contributed by atoms with Crippen molar-refractivity contribution in [1.29, 1.82) is 0 Å². The number of amides is 1. The van der Waals surface area contributed by atoms with Gasteiger partial charge in [-0.3, -0.25) is 10.1 Å². The topological polar surface area (TPSA) is 81.5 Å². The third-order valence-electron chi connectivity index (χ3n) is 2.53. The molecule has 0 radical (unpaired) electrons. The molecule has 0 saturated carbocycles. The summed E-state index contributed by atoms with van der Waals surface area (Å²) in [4.78, 5) is 21.8. The Morgan fingerprint density at radius 1 is 1.58 bits per heavy atom. The zero-order valence-corrected chi connectivity index (χ0v) is 11.8. The van der Waals surface area contributed by atoms with Crippen LogP contribution in [0.3, 0.4) is 0 Å². The molecule has 1 aromatic carbocycles. The number of hydrogen-bond donors (Lipinski definition) is 1. The molecule has 0 aliphatic rings. The summed E-state index contributed by atoms with van der Waals surface area (Å²) in [7, 11) is 1.44. The number of alkyl carbamates (subject to hydrolysis) is 1. The molecule has 1 N–H and O–H groups in total. The summed E-state index contributed by atoms with van der Waals surface area (Å²) in [6.45, 7) is 1.60. The Bertz CT molecular complexity index is 479. The van der Waals surface area contributed by atoms with Gasteiger partial charge in [-0.05, 0) is 24.8 Å². The van der Waals surface area contributed by atoms with Crippen molar-refractivity contribution in [3.8, 4) is 0 Å². The largest absolute Gasteiger partial charge is 0.441 e. The average Bonchev–Trinajstić information content (AvgIpc) is 2.38. The summed E-state index contributed by atoms with van der Waals surface area (Å²) in [6.07, 6.45) is 0.635. The lowest BCUT2D eigenvalue weighted by Gasteiger charge is -2.14. The lowest BCUT2D eigenvalue weighted by Crippen LogP contribution is -2.21. The van der Waals surface area contributed by atoms with Gasteiger partial charge in [0.1, 0.15) is 6.10 Å². The summed E-state index contributed by atoms with van der Waals surface area (Å²) in [5, 5.41) is 13.4. The van der Waals surface area contributed by atoms with Gasteiger partial charge in [-0.15, -0.1) is 0 Å². The summed E-state index contributed by atoms with van der Waals surface area (Å²) < 4.78 is 5.02. The van der Waals surface area contributed by atoms with Crippen molar-refractivity contribution in [3.63, 3.8) is 0 Å². The molecule has 0 spiro atoms. The Balaban J connectivity index is 3.05. The molecule has 0 aromatic heterocycles. The highest BCUT2D eigenvalue weighted by Crippen LogP contribution is 2.29. The van der Waals surface area contributed by atoms with Gasteiger partial charge in [-0.1, -0.05) is 6.07 Å². The van der Waals surface area contributed by atoms with Crippen LogP contribution in [0.25, 0.3) is 0 Å². The molecule has 0 saturated heterocycles. The van der Waals surface area contributed by atoms with E-state index in [1.54, 1.807) is 24.8 Å². The van der Waals surface area contributed by atoms with Crippen LogP contribution in [-0.2, 0) is 10.5 Å². The van der Waals surface area contributed by atoms with Crippen LogP contribution in [0.2, 0.25) is 0 Å². The first-order valence-electron chi connectivity index (χ1n) is 5.64. The number of hydrogen-bond acceptors (Lipinski definition) is 5. The summed E-state index contributed by atoms with van der Waals surface area (Å²) in [5.74, 6) is 0.700. The molecule has 0 heterocycles. The molecule has 0 fully saturated rings. The van der Waals surface area contributed by atoms with Crippen molar-refractivity contribution in [1.82, 2.24) is 5.32 Å². The quantitative estimate of drug-likeness (QED) is 0.664. The highest BCUT2D eigenvalue weighted by molar-refractivity contribution is 7.97. The number of carbonyl (C=O) groups is 1. The van der Waals surface area contributed by atoms with Gasteiger partial charge in [0.25, 0.3) is 5.69 Å². The smallest absolute Gasteiger partial charge is 0.407 e. The second kappa shape index (κ2) is 6.98. The Kier molecular flexibility index (Phi) is 5.62. The monoisotopic (exact) mass is 284 g/mol. The lowest BCUT2D eigenvalue weighted by atomic mass is 10.1. The first-order valence-corrected chi connectivity index (χ1v) is 7.03. The zero-order chi connectivity index (χ0) is 14.4. The van der Waals surface area contributed by atoms with E-state index in [2.05, 4.69) is 5.32 Å². The predicted molar refractivity (Wildman–Crippen MR) is 74.3 cm³/mol.